The second-order valence-electron chi connectivity index (χ2n) is 12.4. The van der Waals surface area contributed by atoms with Crippen molar-refractivity contribution in [1.82, 2.24) is 19.1 Å². The van der Waals surface area contributed by atoms with Gasteiger partial charge in [0.15, 0.2) is 11.3 Å². The zero-order valence-corrected chi connectivity index (χ0v) is 29.1. The van der Waals surface area contributed by atoms with Crippen molar-refractivity contribution >= 4 is 57.5 Å². The number of halogens is 11. The second-order valence-corrected chi connectivity index (χ2v) is 13.2. The molecule has 0 bridgehead atoms. The first-order valence-electron chi connectivity index (χ1n) is 15.2. The van der Waals surface area contributed by atoms with Gasteiger partial charge in [0.25, 0.3) is 0 Å². The highest BCUT2D eigenvalue weighted by molar-refractivity contribution is 6.30. The van der Waals surface area contributed by atoms with Crippen LogP contribution in [-0.4, -0.2) is 42.8 Å². The van der Waals surface area contributed by atoms with Gasteiger partial charge in [0, 0.05) is 16.3 Å². The van der Waals surface area contributed by atoms with E-state index in [4.69, 9.17) is 23.2 Å². The number of hydrogen-bond acceptors (Lipinski definition) is 5. The predicted octanol–water partition coefficient (Wildman–Crippen LogP) is 12.1. The van der Waals surface area contributed by atoms with E-state index in [0.29, 0.717) is 33.7 Å². The maximum Gasteiger partial charge on any atom is 0.576 e. The fourth-order valence-electron chi connectivity index (χ4n) is 5.70. The summed E-state index contributed by atoms with van der Waals surface area (Å²) in [5, 5.41) is 10.4. The van der Waals surface area contributed by atoms with Gasteiger partial charge in [-0.15, -0.1) is 13.2 Å². The van der Waals surface area contributed by atoms with Crippen molar-refractivity contribution in [2.45, 2.75) is 44.9 Å². The second kappa shape index (κ2) is 14.2. The molecule has 4 heterocycles. The van der Waals surface area contributed by atoms with E-state index in [0.717, 1.165) is 4.57 Å². The van der Waals surface area contributed by atoms with Gasteiger partial charge in [0.1, 0.15) is 10.3 Å². The number of hydrogen-bond donors (Lipinski definition) is 1. The van der Waals surface area contributed by atoms with Crippen LogP contribution in [0.15, 0.2) is 78.9 Å². The van der Waals surface area contributed by atoms with Crippen LogP contribution in [-0.2, 0) is 22.5 Å². The molecule has 0 aliphatic carbocycles. The van der Waals surface area contributed by atoms with Gasteiger partial charge in [-0.2, -0.15) is 26.3 Å². The Bertz CT molecular complexity index is 2400. The lowest BCUT2D eigenvalue weighted by molar-refractivity contribution is -0.290. The average molecular weight is 805 g/mol. The van der Waals surface area contributed by atoms with E-state index < -0.39 is 58.7 Å². The highest BCUT2D eigenvalue weighted by atomic mass is 35.5. The summed E-state index contributed by atoms with van der Waals surface area (Å²) < 4.78 is 123. The number of rotatable bonds is 2. The summed E-state index contributed by atoms with van der Waals surface area (Å²) >= 11 is 11.6. The summed E-state index contributed by atoms with van der Waals surface area (Å²) in [5.74, 6) is 0. The topological polar surface area (TPSA) is 99.2 Å². The van der Waals surface area contributed by atoms with Crippen molar-refractivity contribution in [1.29, 1.82) is 0 Å². The van der Waals surface area contributed by atoms with Gasteiger partial charge in [-0.3, -0.25) is 0 Å². The maximum absolute atomic E-state index is 13.8. The largest absolute Gasteiger partial charge is 0.576 e. The van der Waals surface area contributed by atoms with Crippen LogP contribution in [0.25, 0.3) is 44.6 Å². The summed E-state index contributed by atoms with van der Waals surface area (Å²) in [7, 11) is 0. The standard InChI is InChI=1S/C20H15ClF6N2O2.C15H8ClF3N2O2/c1-18(2,3)14-10-5-7-13(21)28-16(10)29(17(30)31)15(14)11-8-9(19(22,23)24)4-6-12(11)20(25,26)27;16-12-7-6-10-8-11(9-4-2-1-3-5-9)21(13(10)20-12)14(22)23-15(17,18)19/h4-8H,1-3H3,(H,30,31);1-8H. The van der Waals surface area contributed by atoms with E-state index in [1.165, 1.54) is 18.2 Å². The minimum atomic E-state index is -5.10. The van der Waals surface area contributed by atoms with Crippen molar-refractivity contribution in [2.75, 3.05) is 0 Å². The number of fused-ring (bicyclic) bond motifs is 2. The third-order valence-corrected chi connectivity index (χ3v) is 8.12. The highest BCUT2D eigenvalue weighted by Gasteiger charge is 2.41. The van der Waals surface area contributed by atoms with Crippen molar-refractivity contribution in [3.05, 3.63) is 106 Å². The molecule has 0 aliphatic rings. The van der Waals surface area contributed by atoms with E-state index in [-0.39, 0.29) is 38.2 Å². The van der Waals surface area contributed by atoms with Crippen LogP contribution in [0.1, 0.15) is 37.5 Å². The van der Waals surface area contributed by atoms with Crippen LogP contribution in [0.5, 0.6) is 0 Å². The molecule has 4 aromatic heterocycles. The smallest absolute Gasteiger partial charge is 0.464 e. The Morgan fingerprint density at radius 3 is 1.85 bits per heavy atom. The lowest BCUT2D eigenvalue weighted by atomic mass is 9.82. The molecule has 0 unspecified atom stereocenters. The number of alkyl halides is 9. The molecule has 54 heavy (non-hydrogen) atoms. The molecule has 0 radical (unpaired) electrons. The zero-order chi connectivity index (χ0) is 40.1. The Labute approximate surface area is 308 Å². The number of carbonyl (C=O) groups excluding carboxylic acids is 1. The van der Waals surface area contributed by atoms with Gasteiger partial charge in [-0.1, -0.05) is 74.3 Å². The van der Waals surface area contributed by atoms with Crippen molar-refractivity contribution in [2.24, 2.45) is 0 Å². The molecule has 0 saturated carbocycles. The SMILES string of the molecule is CC(C)(C)c1c(-c2cc(C(F)(F)F)ccc2C(F)(F)F)n(C(=O)O)c2nc(Cl)ccc12.O=C(OC(F)(F)F)n1c(-c2ccccc2)cc2ccc(Cl)nc21. The molecule has 284 valence electrons. The van der Waals surface area contributed by atoms with Crippen LogP contribution in [0, 0.1) is 0 Å². The number of carbonyl (C=O) groups is 2. The summed E-state index contributed by atoms with van der Waals surface area (Å²) in [6.07, 6.45) is -18.4. The number of carboxylic acid groups (broad SMARTS) is 1. The zero-order valence-electron chi connectivity index (χ0n) is 27.6. The molecule has 0 atom stereocenters. The first kappa shape index (κ1) is 39.9. The lowest BCUT2D eigenvalue weighted by Crippen LogP contribution is -2.24. The van der Waals surface area contributed by atoms with Gasteiger partial charge >= 0.3 is 30.9 Å². The number of pyridine rings is 2. The van der Waals surface area contributed by atoms with Gasteiger partial charge in [0.05, 0.1) is 22.5 Å². The van der Waals surface area contributed by atoms with Crippen molar-refractivity contribution in [3.63, 3.8) is 0 Å². The van der Waals surface area contributed by atoms with Crippen LogP contribution in [0.3, 0.4) is 0 Å². The Hall–Kier alpha value is -5.29. The van der Waals surface area contributed by atoms with E-state index in [9.17, 15) is 54.2 Å². The normalized spacial score (nSPS) is 12.5. The predicted molar refractivity (Wildman–Crippen MR) is 180 cm³/mol. The fraction of sp³-hybridized carbons (Fsp3) is 0.200. The van der Waals surface area contributed by atoms with E-state index in [1.807, 2.05) is 0 Å². The Morgan fingerprint density at radius 1 is 0.722 bits per heavy atom. The van der Waals surface area contributed by atoms with Crippen LogP contribution >= 0.6 is 23.2 Å². The number of aromatic nitrogens is 4. The molecule has 0 spiro atoms. The van der Waals surface area contributed by atoms with Gasteiger partial charge in [-0.25, -0.2) is 28.7 Å². The number of ether oxygens (including phenoxy) is 1. The first-order chi connectivity index (χ1) is 24.9. The Morgan fingerprint density at radius 2 is 1.31 bits per heavy atom. The van der Waals surface area contributed by atoms with Crippen molar-refractivity contribution in [3.8, 4) is 22.5 Å². The number of nitrogens with zero attached hydrogens (tertiary/aromatic N) is 4. The van der Waals surface area contributed by atoms with Crippen LogP contribution < -0.4 is 0 Å². The summed E-state index contributed by atoms with van der Waals surface area (Å²) in [6.45, 7) is 4.81. The molecule has 0 fully saturated rings. The molecular formula is C35H23Cl2F9N4O4. The molecule has 6 aromatic rings. The van der Waals surface area contributed by atoms with E-state index >= 15 is 0 Å². The third-order valence-electron chi connectivity index (χ3n) is 7.70. The molecule has 0 saturated heterocycles. The Kier molecular flexibility index (Phi) is 10.5. The summed E-state index contributed by atoms with van der Waals surface area (Å²) in [6, 6.07) is 16.7. The summed E-state index contributed by atoms with van der Waals surface area (Å²) in [5.41, 5.74) is -4.57. The highest BCUT2D eigenvalue weighted by Crippen LogP contribution is 2.47. The minimum Gasteiger partial charge on any atom is -0.464 e. The minimum absolute atomic E-state index is 0.00870. The third kappa shape index (κ3) is 8.26. The molecule has 8 nitrogen and oxygen atoms in total. The van der Waals surface area contributed by atoms with Gasteiger partial charge in [0.2, 0.25) is 0 Å². The summed E-state index contributed by atoms with van der Waals surface area (Å²) in [4.78, 5) is 31.9. The molecule has 6 rings (SSSR count). The monoisotopic (exact) mass is 804 g/mol. The molecule has 2 aromatic carbocycles. The fourth-order valence-corrected chi connectivity index (χ4v) is 5.99. The first-order valence-corrected chi connectivity index (χ1v) is 15.9. The number of benzene rings is 2. The molecular weight excluding hydrogens is 782 g/mol. The molecule has 0 aliphatic heterocycles. The molecule has 0 amide bonds. The van der Waals surface area contributed by atoms with E-state index in [2.05, 4.69) is 14.7 Å². The van der Waals surface area contributed by atoms with Crippen LogP contribution in [0.2, 0.25) is 10.3 Å². The quantitative estimate of drug-likeness (QED) is 0.138. The molecule has 1 N–H and O–H groups in total. The van der Waals surface area contributed by atoms with Gasteiger partial charge in [-0.05, 0) is 65.1 Å². The average Bonchev–Trinajstić information content (AvgIpc) is 3.59. The van der Waals surface area contributed by atoms with Crippen LogP contribution in [0.4, 0.5) is 49.1 Å². The van der Waals surface area contributed by atoms with Gasteiger partial charge < -0.3 is 9.84 Å². The van der Waals surface area contributed by atoms with E-state index in [1.54, 1.807) is 63.2 Å². The van der Waals surface area contributed by atoms with Crippen molar-refractivity contribution < 1.29 is 58.9 Å². The maximum atomic E-state index is 13.8. The Balaban J connectivity index is 0.000000217. The molecule has 19 heteroatoms. The lowest BCUT2D eigenvalue weighted by Gasteiger charge is -2.23.